The number of thiophene rings is 1. The van der Waals surface area contributed by atoms with Gasteiger partial charge in [-0.2, -0.15) is 0 Å². The van der Waals surface area contributed by atoms with Gasteiger partial charge >= 0.3 is 17.4 Å². The maximum atomic E-state index is 13.0. The van der Waals surface area contributed by atoms with Crippen LogP contribution in [-0.2, 0) is 4.79 Å². The average Bonchev–Trinajstić information content (AvgIpc) is 3.24. The highest BCUT2D eigenvalue weighted by molar-refractivity contribution is 7.99. The molecule has 6 nitrogen and oxygen atoms in total. The van der Waals surface area contributed by atoms with Gasteiger partial charge in [0, 0.05) is 17.3 Å². The Balaban J connectivity index is 2.02. The van der Waals surface area contributed by atoms with E-state index in [-0.39, 0.29) is 11.5 Å². The molecule has 1 N–H and O–H groups in total. The number of hydrogen-bond acceptors (Lipinski definition) is 5. The Kier molecular flexibility index (Phi) is 5.15. The molecule has 3 aromatic rings. The van der Waals surface area contributed by atoms with Crippen molar-refractivity contribution in [1.29, 1.82) is 0 Å². The normalized spacial score (nSPS) is 15.0. The molecule has 0 saturated heterocycles. The molecule has 1 aliphatic heterocycles. The minimum absolute atomic E-state index is 0.0219. The Labute approximate surface area is 170 Å². The number of carbonyl (C=O) groups excluding carboxylic acids is 1. The number of aromatic nitrogens is 3. The van der Waals surface area contributed by atoms with Gasteiger partial charge in [0.15, 0.2) is 0 Å². The van der Waals surface area contributed by atoms with E-state index in [1.807, 2.05) is 48.7 Å². The van der Waals surface area contributed by atoms with Crippen molar-refractivity contribution in [3.63, 3.8) is 0 Å². The zero-order chi connectivity index (χ0) is 19.7. The monoisotopic (exact) mass is 411 g/mol. The Morgan fingerprint density at radius 1 is 1.39 bits per heavy atom. The third-order valence-electron chi connectivity index (χ3n) is 4.46. The van der Waals surface area contributed by atoms with Crippen molar-refractivity contribution in [3.8, 4) is 11.3 Å². The molecule has 0 fully saturated rings. The third kappa shape index (κ3) is 3.08. The number of anilines is 1. The van der Waals surface area contributed by atoms with Gasteiger partial charge in [0.1, 0.15) is 0 Å². The van der Waals surface area contributed by atoms with E-state index in [2.05, 4.69) is 11.6 Å². The van der Waals surface area contributed by atoms with E-state index >= 15 is 0 Å². The molecule has 0 saturated carbocycles. The number of thioether (sulfide) groups is 1. The van der Waals surface area contributed by atoms with Gasteiger partial charge in [-0.15, -0.1) is 17.9 Å². The van der Waals surface area contributed by atoms with Crippen LogP contribution in [0.25, 0.3) is 11.3 Å². The van der Waals surface area contributed by atoms with Crippen LogP contribution in [0.1, 0.15) is 24.4 Å². The fourth-order valence-electron chi connectivity index (χ4n) is 3.31. The van der Waals surface area contributed by atoms with Crippen LogP contribution in [0.3, 0.4) is 0 Å². The van der Waals surface area contributed by atoms with E-state index in [9.17, 15) is 9.59 Å². The van der Waals surface area contributed by atoms with Crippen LogP contribution in [0, 0.1) is 0 Å². The van der Waals surface area contributed by atoms with Crippen molar-refractivity contribution in [1.82, 2.24) is 10.1 Å². The fourth-order valence-corrected chi connectivity index (χ4v) is 4.70. The van der Waals surface area contributed by atoms with E-state index in [1.165, 1.54) is 23.1 Å². The lowest BCUT2D eigenvalue weighted by Crippen LogP contribution is -2.60. The van der Waals surface area contributed by atoms with Gasteiger partial charge in [-0.3, -0.25) is 14.6 Å². The molecule has 0 spiro atoms. The van der Waals surface area contributed by atoms with Gasteiger partial charge in [-0.05, 0) is 28.3 Å². The average molecular weight is 412 g/mol. The predicted molar refractivity (Wildman–Crippen MR) is 112 cm³/mol. The number of nitrogens with one attached hydrogen (secondary N) is 1. The number of fused-ring (bicyclic) bond motifs is 3. The second-order valence-corrected chi connectivity index (χ2v) is 8.16. The van der Waals surface area contributed by atoms with Gasteiger partial charge < -0.3 is 0 Å². The zero-order valence-corrected chi connectivity index (χ0v) is 16.9. The maximum Gasteiger partial charge on any atom is 0.325 e. The number of nitrogens with zero attached hydrogens (tertiary/aromatic N) is 3. The molecular formula is C20H19N4O2S2+. The minimum atomic E-state index is -0.497. The number of aromatic amines is 1. The van der Waals surface area contributed by atoms with Crippen molar-refractivity contribution < 1.29 is 9.48 Å². The molecule has 8 heteroatoms. The first-order valence-corrected chi connectivity index (χ1v) is 10.8. The van der Waals surface area contributed by atoms with Crippen LogP contribution >= 0.6 is 23.1 Å². The van der Waals surface area contributed by atoms with Crippen molar-refractivity contribution in [3.05, 3.63) is 69.7 Å². The van der Waals surface area contributed by atoms with Crippen molar-refractivity contribution >= 4 is 34.7 Å². The van der Waals surface area contributed by atoms with Gasteiger partial charge in [0.25, 0.3) is 0 Å². The summed E-state index contributed by atoms with van der Waals surface area (Å²) in [5, 5.41) is 7.17. The van der Waals surface area contributed by atoms with E-state index in [1.54, 1.807) is 15.7 Å². The van der Waals surface area contributed by atoms with Crippen molar-refractivity contribution in [2.75, 3.05) is 10.7 Å². The predicted octanol–water partition coefficient (Wildman–Crippen LogP) is 3.37. The smallest absolute Gasteiger partial charge is 0.291 e. The van der Waals surface area contributed by atoms with Gasteiger partial charge in [-0.1, -0.05) is 43.0 Å². The SMILES string of the molecule is C=CCSc1n[n+]2c(c(=O)[nH]1)-c1ccccc1N(C(=O)CC)C2c1cccs1. The van der Waals surface area contributed by atoms with Crippen molar-refractivity contribution in [2.45, 2.75) is 24.7 Å². The molecule has 1 amide bonds. The molecule has 28 heavy (non-hydrogen) atoms. The summed E-state index contributed by atoms with van der Waals surface area (Å²) in [5.74, 6) is 0.603. The molecule has 1 aliphatic rings. The van der Waals surface area contributed by atoms with Crippen LogP contribution in [0.15, 0.2) is 64.4 Å². The van der Waals surface area contributed by atoms with E-state index < -0.39 is 6.17 Å². The van der Waals surface area contributed by atoms with E-state index in [0.29, 0.717) is 28.6 Å². The van der Waals surface area contributed by atoms with Gasteiger partial charge in [0.2, 0.25) is 11.1 Å². The Hall–Kier alpha value is -2.71. The largest absolute Gasteiger partial charge is 0.325 e. The fraction of sp³-hybridized carbons (Fsp3) is 0.200. The summed E-state index contributed by atoms with van der Waals surface area (Å²) in [6.07, 6.45) is 1.61. The molecule has 0 aliphatic carbocycles. The summed E-state index contributed by atoms with van der Waals surface area (Å²) in [6.45, 7) is 5.56. The summed E-state index contributed by atoms with van der Waals surface area (Å²) in [4.78, 5) is 31.5. The van der Waals surface area contributed by atoms with Crippen LogP contribution in [0.5, 0.6) is 0 Å². The molecule has 4 rings (SSSR count). The Morgan fingerprint density at radius 3 is 2.93 bits per heavy atom. The Bertz CT molecular complexity index is 1090. The minimum Gasteiger partial charge on any atom is -0.291 e. The van der Waals surface area contributed by atoms with Crippen molar-refractivity contribution in [2.24, 2.45) is 0 Å². The first-order chi connectivity index (χ1) is 13.7. The number of carbonyl (C=O) groups is 1. The number of rotatable bonds is 5. The zero-order valence-electron chi connectivity index (χ0n) is 15.3. The molecule has 3 heterocycles. The number of benzene rings is 1. The highest BCUT2D eigenvalue weighted by atomic mass is 32.2. The van der Waals surface area contributed by atoms with Gasteiger partial charge in [0.05, 0.1) is 16.1 Å². The molecule has 1 unspecified atom stereocenters. The topological polar surface area (TPSA) is 69.9 Å². The van der Waals surface area contributed by atoms with E-state index in [0.717, 1.165) is 10.6 Å². The number of para-hydroxylation sites is 1. The van der Waals surface area contributed by atoms with Crippen LogP contribution in [0.2, 0.25) is 0 Å². The molecule has 0 radical (unpaired) electrons. The number of hydrogen-bond donors (Lipinski definition) is 1. The van der Waals surface area contributed by atoms with Crippen LogP contribution < -0.4 is 15.1 Å². The van der Waals surface area contributed by atoms with Crippen LogP contribution in [-0.4, -0.2) is 21.7 Å². The second-order valence-electron chi connectivity index (χ2n) is 6.18. The first kappa shape index (κ1) is 18.6. The summed E-state index contributed by atoms with van der Waals surface area (Å²) < 4.78 is 1.69. The lowest BCUT2D eigenvalue weighted by molar-refractivity contribution is -0.762. The summed E-state index contributed by atoms with van der Waals surface area (Å²) in [7, 11) is 0. The first-order valence-electron chi connectivity index (χ1n) is 8.90. The van der Waals surface area contributed by atoms with Gasteiger partial charge in [-0.25, -0.2) is 4.90 Å². The standard InChI is InChI=1S/C20H18N4O2S2/c1-3-11-28-20-21-18(26)17-13-8-5-6-9-14(13)23(16(25)4-2)19(24(17)22-20)15-10-7-12-27-15/h3,5-10,12,19H,1,4,11H2,2H3/p+1. The third-order valence-corrected chi connectivity index (χ3v) is 6.24. The second kappa shape index (κ2) is 7.73. The molecule has 1 atom stereocenters. The number of amides is 1. The quantitative estimate of drug-likeness (QED) is 0.397. The molecule has 2 aromatic heterocycles. The summed E-state index contributed by atoms with van der Waals surface area (Å²) in [5.41, 5.74) is 1.66. The number of H-pyrrole nitrogens is 1. The summed E-state index contributed by atoms with van der Waals surface area (Å²) in [6, 6.07) is 11.4. The highest BCUT2D eigenvalue weighted by Gasteiger charge is 2.45. The Morgan fingerprint density at radius 2 is 2.21 bits per heavy atom. The lowest BCUT2D eigenvalue weighted by Gasteiger charge is -2.31. The summed E-state index contributed by atoms with van der Waals surface area (Å²) >= 11 is 2.94. The van der Waals surface area contributed by atoms with Crippen LogP contribution in [0.4, 0.5) is 5.69 Å². The molecule has 1 aromatic carbocycles. The molecule has 0 bridgehead atoms. The lowest BCUT2D eigenvalue weighted by atomic mass is 10.0. The maximum absolute atomic E-state index is 13.0. The molecular weight excluding hydrogens is 392 g/mol. The highest BCUT2D eigenvalue weighted by Crippen LogP contribution is 2.38. The van der Waals surface area contributed by atoms with E-state index in [4.69, 9.17) is 5.10 Å². The molecule has 142 valence electrons.